The molecule has 0 radical (unpaired) electrons. The van der Waals surface area contributed by atoms with E-state index >= 15 is 0 Å². The van der Waals surface area contributed by atoms with E-state index in [4.69, 9.17) is 0 Å². The zero-order chi connectivity index (χ0) is 17.9. The van der Waals surface area contributed by atoms with Crippen molar-refractivity contribution in [1.82, 2.24) is 15.2 Å². The van der Waals surface area contributed by atoms with Gasteiger partial charge >= 0.3 is 0 Å². The molecule has 5 nitrogen and oxygen atoms in total. The first-order chi connectivity index (χ1) is 12.7. The van der Waals surface area contributed by atoms with Crippen LogP contribution in [0, 0.1) is 0 Å². The summed E-state index contributed by atoms with van der Waals surface area (Å²) in [7, 11) is 2.03. The summed E-state index contributed by atoms with van der Waals surface area (Å²) in [6, 6.07) is 20.5. The van der Waals surface area contributed by atoms with Crippen molar-refractivity contribution in [2.45, 2.75) is 19.0 Å². The van der Waals surface area contributed by atoms with Crippen LogP contribution in [0.4, 0.5) is 0 Å². The molecule has 1 atom stereocenters. The van der Waals surface area contributed by atoms with E-state index in [0.717, 1.165) is 29.8 Å². The van der Waals surface area contributed by atoms with Gasteiger partial charge in [0.05, 0.1) is 12.6 Å². The zero-order valence-electron chi connectivity index (χ0n) is 15.2. The molecule has 0 aliphatic carbocycles. The Kier molecular flexibility index (Phi) is 6.15. The van der Waals surface area contributed by atoms with Crippen LogP contribution in [-0.4, -0.2) is 35.5 Å². The van der Waals surface area contributed by atoms with Crippen LogP contribution in [0.2, 0.25) is 0 Å². The van der Waals surface area contributed by atoms with Crippen molar-refractivity contribution < 1.29 is 0 Å². The monoisotopic (exact) mass is 474 g/mol. The second-order valence-corrected chi connectivity index (χ2v) is 6.76. The van der Waals surface area contributed by atoms with Gasteiger partial charge in [-0.3, -0.25) is 4.79 Å². The minimum atomic E-state index is -0.0745. The highest BCUT2D eigenvalue weighted by molar-refractivity contribution is 14.0. The number of aromatic nitrogens is 1. The maximum atomic E-state index is 12.3. The molecule has 27 heavy (non-hydrogen) atoms. The van der Waals surface area contributed by atoms with E-state index in [1.807, 2.05) is 43.4 Å². The van der Waals surface area contributed by atoms with Gasteiger partial charge in [-0.25, -0.2) is 4.99 Å². The number of likely N-dealkylation sites (N-methyl/N-ethyl adjacent to an activating group) is 1. The van der Waals surface area contributed by atoms with Gasteiger partial charge in [0, 0.05) is 24.7 Å². The number of fused-ring (bicyclic) bond motifs is 1. The lowest BCUT2D eigenvalue weighted by Gasteiger charge is -2.09. The number of halogens is 1. The van der Waals surface area contributed by atoms with Crippen molar-refractivity contribution >= 4 is 40.8 Å². The van der Waals surface area contributed by atoms with Gasteiger partial charge < -0.3 is 15.2 Å². The van der Waals surface area contributed by atoms with Crippen LogP contribution in [0.15, 0.2) is 70.5 Å². The first-order valence-corrected chi connectivity index (χ1v) is 8.86. The molecule has 140 valence electrons. The summed E-state index contributed by atoms with van der Waals surface area (Å²) in [5.41, 5.74) is 2.77. The molecule has 0 saturated carbocycles. The van der Waals surface area contributed by atoms with Gasteiger partial charge in [0.25, 0.3) is 5.56 Å². The summed E-state index contributed by atoms with van der Waals surface area (Å²) in [5, 5.41) is 4.50. The number of hydrogen-bond donors (Lipinski definition) is 2. The molecular formula is C21H23IN4O. The fraction of sp³-hybridized carbons (Fsp3) is 0.238. The zero-order valence-corrected chi connectivity index (χ0v) is 17.5. The highest BCUT2D eigenvalue weighted by Gasteiger charge is 2.24. The van der Waals surface area contributed by atoms with E-state index in [2.05, 4.69) is 44.5 Å². The van der Waals surface area contributed by atoms with Crippen LogP contribution in [0.25, 0.3) is 10.9 Å². The molecule has 1 aliphatic heterocycles. The fourth-order valence-corrected chi connectivity index (χ4v) is 3.41. The van der Waals surface area contributed by atoms with Gasteiger partial charge in [0.1, 0.15) is 0 Å². The highest BCUT2D eigenvalue weighted by Crippen LogP contribution is 2.12. The Bertz CT molecular complexity index is 1000. The van der Waals surface area contributed by atoms with Gasteiger partial charge in [-0.1, -0.05) is 48.5 Å². The molecule has 1 aromatic heterocycles. The predicted octanol–water partition coefficient (Wildman–Crippen LogP) is 3.15. The highest BCUT2D eigenvalue weighted by atomic mass is 127. The lowest BCUT2D eigenvalue weighted by atomic mass is 10.1. The molecule has 2 heterocycles. The molecule has 0 bridgehead atoms. The minimum absolute atomic E-state index is 0. The number of hydrogen-bond acceptors (Lipinski definition) is 2. The molecule has 3 aromatic rings. The number of benzene rings is 2. The molecule has 2 N–H and O–H groups in total. The Morgan fingerprint density at radius 3 is 2.67 bits per heavy atom. The van der Waals surface area contributed by atoms with E-state index in [-0.39, 0.29) is 29.5 Å². The third-order valence-corrected chi connectivity index (χ3v) is 4.74. The van der Waals surface area contributed by atoms with Gasteiger partial charge in [-0.05, 0) is 29.5 Å². The maximum Gasteiger partial charge on any atom is 0.253 e. The minimum Gasteiger partial charge on any atom is -0.351 e. The number of nitrogens with one attached hydrogen (secondary N) is 2. The smallest absolute Gasteiger partial charge is 0.253 e. The topological polar surface area (TPSA) is 60.5 Å². The Morgan fingerprint density at radius 2 is 1.85 bits per heavy atom. The van der Waals surface area contributed by atoms with Crippen molar-refractivity contribution in [3.63, 3.8) is 0 Å². The van der Waals surface area contributed by atoms with Crippen molar-refractivity contribution in [2.24, 2.45) is 4.99 Å². The molecule has 1 aliphatic rings. The molecule has 1 saturated heterocycles. The largest absolute Gasteiger partial charge is 0.351 e. The Balaban J connectivity index is 0.00000210. The summed E-state index contributed by atoms with van der Waals surface area (Å²) in [6.07, 6.45) is 0.959. The molecule has 6 heteroatoms. The maximum absolute atomic E-state index is 12.3. The number of para-hydroxylation sites is 1. The Morgan fingerprint density at radius 1 is 1.11 bits per heavy atom. The van der Waals surface area contributed by atoms with E-state index in [1.165, 1.54) is 5.56 Å². The molecule has 0 spiro atoms. The summed E-state index contributed by atoms with van der Waals surface area (Å²) >= 11 is 0. The number of nitrogens with zero attached hydrogens (tertiary/aromatic N) is 2. The normalized spacial score (nSPS) is 17.7. The number of H-pyrrole nitrogens is 1. The molecule has 1 unspecified atom stereocenters. The van der Waals surface area contributed by atoms with Gasteiger partial charge in [-0.2, -0.15) is 0 Å². The third kappa shape index (κ3) is 4.50. The third-order valence-electron chi connectivity index (χ3n) is 4.74. The van der Waals surface area contributed by atoms with Crippen LogP contribution in [0.1, 0.15) is 11.1 Å². The van der Waals surface area contributed by atoms with E-state index < -0.39 is 0 Å². The summed E-state index contributed by atoms with van der Waals surface area (Å²) < 4.78 is 0. The summed E-state index contributed by atoms with van der Waals surface area (Å²) in [6.45, 7) is 1.27. The predicted molar refractivity (Wildman–Crippen MR) is 121 cm³/mol. The second kappa shape index (κ2) is 8.56. The molecule has 2 aromatic carbocycles. The van der Waals surface area contributed by atoms with E-state index in [1.54, 1.807) is 0 Å². The number of aliphatic imine (C=N–C) groups is 1. The number of aromatic amines is 1. The van der Waals surface area contributed by atoms with Gasteiger partial charge in [0.2, 0.25) is 0 Å². The molecule has 4 rings (SSSR count). The van der Waals surface area contributed by atoms with Crippen LogP contribution in [-0.2, 0) is 13.0 Å². The quantitative estimate of drug-likeness (QED) is 0.572. The molecule has 0 amide bonds. The van der Waals surface area contributed by atoms with Crippen molar-refractivity contribution in [2.75, 3.05) is 13.6 Å². The summed E-state index contributed by atoms with van der Waals surface area (Å²) in [4.78, 5) is 22.0. The van der Waals surface area contributed by atoms with Gasteiger partial charge in [-0.15, -0.1) is 24.0 Å². The van der Waals surface area contributed by atoms with Crippen LogP contribution in [0.5, 0.6) is 0 Å². The lowest BCUT2D eigenvalue weighted by Crippen LogP contribution is -2.30. The van der Waals surface area contributed by atoms with E-state index in [0.29, 0.717) is 18.2 Å². The van der Waals surface area contributed by atoms with Crippen molar-refractivity contribution in [1.29, 1.82) is 0 Å². The molecular weight excluding hydrogens is 451 g/mol. The van der Waals surface area contributed by atoms with Crippen LogP contribution < -0.4 is 10.9 Å². The first-order valence-electron chi connectivity index (χ1n) is 8.86. The Hall–Kier alpha value is -2.35. The van der Waals surface area contributed by atoms with E-state index in [9.17, 15) is 4.79 Å². The number of pyridine rings is 1. The summed E-state index contributed by atoms with van der Waals surface area (Å²) in [5.74, 6) is 0.846. The second-order valence-electron chi connectivity index (χ2n) is 6.76. The van der Waals surface area contributed by atoms with Crippen molar-refractivity contribution in [3.8, 4) is 0 Å². The fourth-order valence-electron chi connectivity index (χ4n) is 3.41. The number of guanidine groups is 1. The Labute approximate surface area is 175 Å². The van der Waals surface area contributed by atoms with Gasteiger partial charge in [0.15, 0.2) is 5.96 Å². The lowest BCUT2D eigenvalue weighted by molar-refractivity contribution is 0.502. The average Bonchev–Trinajstić information content (AvgIpc) is 3.00. The van der Waals surface area contributed by atoms with Crippen LogP contribution >= 0.6 is 24.0 Å². The standard InChI is InChI=1S/C21H22N4O.HI/c1-25-14-18(11-15-7-3-2-4-8-15)23-21(25)22-13-17-12-16-9-5-6-10-19(16)24-20(17)26;/h2-10,12,18H,11,13-14H2,1H3,(H,22,23)(H,24,26);1H. The van der Waals surface area contributed by atoms with Crippen molar-refractivity contribution in [3.05, 3.63) is 82.1 Å². The first kappa shape index (κ1) is 19.4. The number of rotatable bonds is 4. The molecule has 1 fully saturated rings. The average molecular weight is 474 g/mol. The SMILES string of the molecule is CN1CC(Cc2ccccc2)NC1=NCc1cc2ccccc2[nH]c1=O.I. The van der Waals surface area contributed by atoms with Crippen LogP contribution in [0.3, 0.4) is 0 Å².